The smallest absolute Gasteiger partial charge is 0.183 e. The summed E-state index contributed by atoms with van der Waals surface area (Å²) in [6.45, 7) is 2.51. The van der Waals surface area contributed by atoms with E-state index in [2.05, 4.69) is 37.1 Å². The van der Waals surface area contributed by atoms with Crippen LogP contribution in [0.3, 0.4) is 0 Å². The number of fused-ring (bicyclic) bond motifs is 3. The molecule has 4 aromatic rings. The lowest BCUT2D eigenvalue weighted by atomic mass is 9.83. The van der Waals surface area contributed by atoms with Gasteiger partial charge in [-0.2, -0.15) is 5.10 Å². The van der Waals surface area contributed by atoms with Gasteiger partial charge < -0.3 is 20.3 Å². The molecule has 3 aliphatic heterocycles. The van der Waals surface area contributed by atoms with Gasteiger partial charge in [0.15, 0.2) is 17.0 Å². The van der Waals surface area contributed by atoms with Crippen LogP contribution in [0, 0.1) is 0 Å². The Balaban J connectivity index is 0.00000229. The third kappa shape index (κ3) is 3.41. The highest BCUT2D eigenvalue weighted by Crippen LogP contribution is 2.47. The van der Waals surface area contributed by atoms with E-state index in [9.17, 15) is 0 Å². The molecule has 0 unspecified atom stereocenters. The lowest BCUT2D eigenvalue weighted by molar-refractivity contribution is 0.0431. The number of piperidine rings is 1. The second-order valence-corrected chi connectivity index (χ2v) is 9.37. The molecule has 0 aliphatic carbocycles. The predicted molar refractivity (Wildman–Crippen MR) is 137 cm³/mol. The molecule has 0 amide bonds. The maximum absolute atomic E-state index is 6.63. The summed E-state index contributed by atoms with van der Waals surface area (Å²) in [6.07, 6.45) is 7.41. The number of aromatic nitrogens is 5. The van der Waals surface area contributed by atoms with Crippen LogP contribution in [-0.4, -0.2) is 50.4 Å². The fourth-order valence-electron chi connectivity index (χ4n) is 5.66. The Morgan fingerprint density at radius 2 is 1.91 bits per heavy atom. The van der Waals surface area contributed by atoms with Crippen LogP contribution in [0.1, 0.15) is 36.6 Å². The molecule has 1 saturated heterocycles. The van der Waals surface area contributed by atoms with Crippen molar-refractivity contribution in [2.45, 2.75) is 37.3 Å². The second-order valence-electron chi connectivity index (χ2n) is 9.37. The molecule has 35 heavy (non-hydrogen) atoms. The average molecular weight is 491 g/mol. The molecule has 3 aliphatic rings. The molecule has 0 saturated carbocycles. The molecule has 10 heteroatoms. The standard InChI is InChI=1S/C25H26N8O.ClH/c26-22-16-5-1-2-8-19(16)34-25(22)9-13-32(14-10-25)20-15-28-21-23(29-20)30-31-24(21)33-12-4-6-17-18(33)7-3-11-27-17;/h1-3,5,7-8,11,15,22H,4,6,9-10,12-14,26H2,(H,29,30,31);1H/t22-;/m1./s1. The zero-order chi connectivity index (χ0) is 22.7. The minimum atomic E-state index is -0.339. The number of nitrogens with two attached hydrogens (primary N) is 1. The number of hydrogen-bond acceptors (Lipinski definition) is 8. The van der Waals surface area contributed by atoms with E-state index < -0.39 is 0 Å². The molecule has 1 aromatic carbocycles. The highest BCUT2D eigenvalue weighted by atomic mass is 35.5. The van der Waals surface area contributed by atoms with E-state index in [-0.39, 0.29) is 24.0 Å². The summed E-state index contributed by atoms with van der Waals surface area (Å²) in [6, 6.07) is 12.1. The third-order valence-corrected chi connectivity index (χ3v) is 7.52. The summed E-state index contributed by atoms with van der Waals surface area (Å²) in [5.74, 6) is 2.58. The Hall–Kier alpha value is -3.43. The maximum atomic E-state index is 6.63. The van der Waals surface area contributed by atoms with Crippen LogP contribution < -0.4 is 20.3 Å². The second kappa shape index (κ2) is 8.35. The molecule has 3 N–H and O–H groups in total. The number of H-pyrrole nitrogens is 1. The van der Waals surface area contributed by atoms with Crippen molar-refractivity contribution in [3.8, 4) is 5.75 Å². The van der Waals surface area contributed by atoms with Crippen LogP contribution in [0.2, 0.25) is 0 Å². The largest absolute Gasteiger partial charge is 0.485 e. The van der Waals surface area contributed by atoms with Gasteiger partial charge in [-0.05, 0) is 31.0 Å². The molecular weight excluding hydrogens is 464 g/mol. The van der Waals surface area contributed by atoms with E-state index in [1.165, 1.54) is 0 Å². The van der Waals surface area contributed by atoms with Gasteiger partial charge in [-0.3, -0.25) is 10.1 Å². The van der Waals surface area contributed by atoms with Crippen LogP contribution in [0.4, 0.5) is 17.3 Å². The van der Waals surface area contributed by atoms with Gasteiger partial charge in [0.2, 0.25) is 0 Å². The number of benzene rings is 1. The lowest BCUT2D eigenvalue weighted by Gasteiger charge is -2.41. The zero-order valence-corrected chi connectivity index (χ0v) is 20.0. The molecular formula is C25H27ClN8O. The Kier molecular flexibility index (Phi) is 5.26. The first kappa shape index (κ1) is 22.1. The summed E-state index contributed by atoms with van der Waals surface area (Å²) in [5, 5.41) is 7.69. The molecule has 1 fully saturated rings. The normalized spacial score (nSPS) is 20.3. The van der Waals surface area contributed by atoms with E-state index >= 15 is 0 Å². The van der Waals surface area contributed by atoms with Crippen molar-refractivity contribution in [1.29, 1.82) is 0 Å². The van der Waals surface area contributed by atoms with Crippen LogP contribution in [0.5, 0.6) is 5.75 Å². The van der Waals surface area contributed by atoms with Gasteiger partial charge >= 0.3 is 0 Å². The quantitative estimate of drug-likeness (QED) is 0.438. The Morgan fingerprint density at radius 3 is 2.77 bits per heavy atom. The van der Waals surface area contributed by atoms with Crippen LogP contribution >= 0.6 is 12.4 Å². The van der Waals surface area contributed by atoms with Gasteiger partial charge in [0.1, 0.15) is 17.2 Å². The monoisotopic (exact) mass is 490 g/mol. The van der Waals surface area contributed by atoms with Crippen LogP contribution in [0.15, 0.2) is 48.8 Å². The number of nitrogens with one attached hydrogen (secondary N) is 1. The van der Waals surface area contributed by atoms with Crippen molar-refractivity contribution < 1.29 is 4.74 Å². The minimum absolute atomic E-state index is 0. The van der Waals surface area contributed by atoms with E-state index in [1.807, 2.05) is 36.7 Å². The van der Waals surface area contributed by atoms with Crippen LogP contribution in [-0.2, 0) is 6.42 Å². The van der Waals surface area contributed by atoms with Gasteiger partial charge in [0.05, 0.1) is 23.6 Å². The molecule has 1 spiro atoms. The summed E-state index contributed by atoms with van der Waals surface area (Å²) in [7, 11) is 0. The summed E-state index contributed by atoms with van der Waals surface area (Å²) < 4.78 is 6.39. The van der Waals surface area contributed by atoms with E-state index in [1.54, 1.807) is 0 Å². The fourth-order valence-corrected chi connectivity index (χ4v) is 5.66. The number of ether oxygens (including phenoxy) is 1. The van der Waals surface area contributed by atoms with Crippen molar-refractivity contribution in [3.05, 3.63) is 60.0 Å². The summed E-state index contributed by atoms with van der Waals surface area (Å²) in [4.78, 5) is 18.7. The third-order valence-electron chi connectivity index (χ3n) is 7.52. The summed E-state index contributed by atoms with van der Waals surface area (Å²) in [5.41, 5.74) is 11.1. The topological polar surface area (TPSA) is 109 Å². The molecule has 0 radical (unpaired) electrons. The number of para-hydroxylation sites is 1. The first-order valence-electron chi connectivity index (χ1n) is 11.9. The first-order valence-corrected chi connectivity index (χ1v) is 11.9. The maximum Gasteiger partial charge on any atom is 0.183 e. The van der Waals surface area contributed by atoms with Crippen molar-refractivity contribution in [1.82, 2.24) is 25.1 Å². The van der Waals surface area contributed by atoms with Crippen molar-refractivity contribution in [3.63, 3.8) is 0 Å². The van der Waals surface area contributed by atoms with E-state index in [0.29, 0.717) is 5.65 Å². The lowest BCUT2D eigenvalue weighted by Crippen LogP contribution is -2.51. The molecule has 7 rings (SSSR count). The Morgan fingerprint density at radius 1 is 1.06 bits per heavy atom. The summed E-state index contributed by atoms with van der Waals surface area (Å²) >= 11 is 0. The molecule has 9 nitrogen and oxygen atoms in total. The Bertz CT molecular complexity index is 1380. The molecule has 6 heterocycles. The number of pyridine rings is 1. The predicted octanol–water partition coefficient (Wildman–Crippen LogP) is 3.69. The molecule has 1 atom stereocenters. The van der Waals surface area contributed by atoms with Gasteiger partial charge in [-0.1, -0.05) is 18.2 Å². The number of aromatic amines is 1. The minimum Gasteiger partial charge on any atom is -0.485 e. The molecule has 0 bridgehead atoms. The van der Waals surface area contributed by atoms with Crippen molar-refractivity contribution in [2.75, 3.05) is 29.4 Å². The van der Waals surface area contributed by atoms with Crippen molar-refractivity contribution >= 4 is 40.9 Å². The van der Waals surface area contributed by atoms with Crippen molar-refractivity contribution in [2.24, 2.45) is 5.73 Å². The number of hydrogen-bond donors (Lipinski definition) is 2. The average Bonchev–Trinajstić information content (AvgIpc) is 3.43. The number of halogens is 1. The SMILES string of the molecule is Cl.N[C@@H]1c2ccccc2OC12CCN(c1cnc3c(N4CCCc5ncccc54)n[nH]c3n1)CC2. The van der Waals surface area contributed by atoms with Gasteiger partial charge in [-0.25, -0.2) is 9.97 Å². The van der Waals surface area contributed by atoms with Gasteiger partial charge in [0.25, 0.3) is 0 Å². The zero-order valence-electron chi connectivity index (χ0n) is 19.2. The number of aryl methyl sites for hydroxylation is 1. The number of rotatable bonds is 2. The molecule has 3 aromatic heterocycles. The number of anilines is 3. The van der Waals surface area contributed by atoms with Gasteiger partial charge in [-0.15, -0.1) is 12.4 Å². The van der Waals surface area contributed by atoms with Gasteiger partial charge in [0, 0.05) is 44.2 Å². The molecule has 180 valence electrons. The van der Waals surface area contributed by atoms with E-state index in [0.717, 1.165) is 85.2 Å². The Labute approximate surface area is 209 Å². The van der Waals surface area contributed by atoms with Crippen LogP contribution in [0.25, 0.3) is 11.2 Å². The number of nitrogens with zero attached hydrogens (tertiary/aromatic N) is 6. The highest BCUT2D eigenvalue weighted by molar-refractivity contribution is 5.87. The highest BCUT2D eigenvalue weighted by Gasteiger charge is 2.48. The first-order chi connectivity index (χ1) is 16.7. The van der Waals surface area contributed by atoms with E-state index in [4.69, 9.17) is 20.4 Å². The fraction of sp³-hybridized carbons (Fsp3) is 0.360.